The molecule has 2 saturated heterocycles. The maximum atomic E-state index is 12.1. The minimum Gasteiger partial charge on any atom is -0.315 e. The topological polar surface area (TPSA) is 66.8 Å². The Hall–Kier alpha value is -1.34. The number of aryl methyl sites for hydroxylation is 3. The van der Waals surface area contributed by atoms with Gasteiger partial charge in [0.15, 0.2) is 15.0 Å². The van der Waals surface area contributed by atoms with Gasteiger partial charge in [0.2, 0.25) is 5.91 Å². The van der Waals surface area contributed by atoms with E-state index < -0.39 is 9.84 Å². The van der Waals surface area contributed by atoms with Gasteiger partial charge in [-0.2, -0.15) is 4.99 Å². The number of anilines is 1. The average Bonchev–Trinajstić information content (AvgIpc) is 2.90. The quantitative estimate of drug-likeness (QED) is 0.805. The van der Waals surface area contributed by atoms with Crippen LogP contribution in [0.4, 0.5) is 5.69 Å². The Morgan fingerprint density at radius 3 is 2.46 bits per heavy atom. The SMILES string of the molecule is CCC(=O)N=C1S[C@@H]2CS(=O)(=O)C[C@@H]2N1c1c(C)cc(C)cc1C. The molecule has 2 aliphatic rings. The van der Waals surface area contributed by atoms with Gasteiger partial charge in [0.25, 0.3) is 0 Å². The highest BCUT2D eigenvalue weighted by Gasteiger charge is 2.49. The molecule has 0 aliphatic carbocycles. The van der Waals surface area contributed by atoms with E-state index in [1.54, 1.807) is 6.92 Å². The van der Waals surface area contributed by atoms with Crippen LogP contribution >= 0.6 is 11.8 Å². The van der Waals surface area contributed by atoms with Gasteiger partial charge in [-0.1, -0.05) is 36.4 Å². The number of thioether (sulfide) groups is 1. The summed E-state index contributed by atoms with van der Waals surface area (Å²) in [5.41, 5.74) is 4.31. The van der Waals surface area contributed by atoms with Crippen molar-refractivity contribution in [1.82, 2.24) is 0 Å². The predicted octanol–water partition coefficient (Wildman–Crippen LogP) is 2.62. The molecule has 2 atom stereocenters. The van der Waals surface area contributed by atoms with E-state index in [0.29, 0.717) is 11.6 Å². The number of hydrogen-bond acceptors (Lipinski definition) is 4. The molecule has 0 aromatic heterocycles. The molecule has 5 nitrogen and oxygen atoms in total. The summed E-state index contributed by atoms with van der Waals surface area (Å²) in [6.07, 6.45) is 0.345. The molecule has 130 valence electrons. The van der Waals surface area contributed by atoms with E-state index in [9.17, 15) is 13.2 Å². The molecule has 1 aromatic carbocycles. The minimum atomic E-state index is -3.04. The Kier molecular flexibility index (Phi) is 4.51. The first-order valence-corrected chi connectivity index (χ1v) is 10.8. The normalized spacial score (nSPS) is 26.8. The van der Waals surface area contributed by atoms with Gasteiger partial charge in [-0.05, 0) is 31.9 Å². The number of hydrogen-bond donors (Lipinski definition) is 0. The molecule has 2 heterocycles. The Morgan fingerprint density at radius 1 is 1.25 bits per heavy atom. The van der Waals surface area contributed by atoms with Gasteiger partial charge >= 0.3 is 0 Å². The molecule has 0 bridgehead atoms. The summed E-state index contributed by atoms with van der Waals surface area (Å²) in [7, 11) is -3.04. The Morgan fingerprint density at radius 2 is 1.88 bits per heavy atom. The lowest BCUT2D eigenvalue weighted by atomic mass is 10.0. The number of nitrogens with zero attached hydrogens (tertiary/aromatic N) is 2. The second kappa shape index (κ2) is 6.19. The lowest BCUT2D eigenvalue weighted by molar-refractivity contribution is -0.117. The summed E-state index contributed by atoms with van der Waals surface area (Å²) >= 11 is 1.43. The molecule has 7 heteroatoms. The lowest BCUT2D eigenvalue weighted by Crippen LogP contribution is -2.38. The molecular formula is C17H22N2O3S2. The second-order valence-corrected chi connectivity index (χ2v) is 9.92. The molecule has 1 amide bonds. The highest BCUT2D eigenvalue weighted by molar-refractivity contribution is 8.16. The first kappa shape index (κ1) is 17.5. The Labute approximate surface area is 147 Å². The molecule has 2 aliphatic heterocycles. The first-order chi connectivity index (χ1) is 11.2. The molecular weight excluding hydrogens is 344 g/mol. The van der Waals surface area contributed by atoms with Crippen LogP contribution in [-0.4, -0.2) is 42.3 Å². The minimum absolute atomic E-state index is 0.0569. The third-order valence-corrected chi connectivity index (χ3v) is 7.68. The summed E-state index contributed by atoms with van der Waals surface area (Å²) < 4.78 is 24.2. The highest BCUT2D eigenvalue weighted by atomic mass is 32.2. The number of benzene rings is 1. The van der Waals surface area contributed by atoms with Crippen LogP contribution in [0.15, 0.2) is 17.1 Å². The highest BCUT2D eigenvalue weighted by Crippen LogP contribution is 2.43. The summed E-state index contributed by atoms with van der Waals surface area (Å²) in [6.45, 7) is 7.87. The molecule has 2 fully saturated rings. The predicted molar refractivity (Wildman–Crippen MR) is 99.7 cm³/mol. The van der Waals surface area contributed by atoms with Crippen molar-refractivity contribution < 1.29 is 13.2 Å². The van der Waals surface area contributed by atoms with Gasteiger partial charge in [-0.25, -0.2) is 8.42 Å². The summed E-state index contributed by atoms with van der Waals surface area (Å²) in [5.74, 6) is 0.103. The zero-order chi connectivity index (χ0) is 17.6. The van der Waals surface area contributed by atoms with Crippen molar-refractivity contribution in [3.8, 4) is 0 Å². The summed E-state index contributed by atoms with van der Waals surface area (Å²) in [4.78, 5) is 18.1. The number of amides is 1. The van der Waals surface area contributed by atoms with E-state index in [0.717, 1.165) is 16.8 Å². The van der Waals surface area contributed by atoms with Gasteiger partial charge in [0, 0.05) is 17.4 Å². The number of carbonyl (C=O) groups is 1. The third-order valence-electron chi connectivity index (χ3n) is 4.47. The molecule has 24 heavy (non-hydrogen) atoms. The van der Waals surface area contributed by atoms with Crippen LogP contribution in [0.1, 0.15) is 30.0 Å². The van der Waals surface area contributed by atoms with Crippen molar-refractivity contribution in [2.45, 2.75) is 45.4 Å². The standard InChI is InChI=1S/C17H22N2O3S2/c1-5-15(20)18-17-19(13-8-24(21,22)9-14(13)23-17)16-11(3)6-10(2)7-12(16)4/h6-7,13-14H,5,8-9H2,1-4H3/t13-,14+/m0/s1. The zero-order valence-corrected chi connectivity index (χ0v) is 16.0. The van der Waals surface area contributed by atoms with Gasteiger partial charge < -0.3 is 4.90 Å². The van der Waals surface area contributed by atoms with Crippen molar-refractivity contribution in [3.05, 3.63) is 28.8 Å². The Balaban J connectivity index is 2.12. The van der Waals surface area contributed by atoms with E-state index in [-0.39, 0.29) is 28.7 Å². The fraction of sp³-hybridized carbons (Fsp3) is 0.529. The molecule has 0 radical (unpaired) electrons. The molecule has 3 rings (SSSR count). The first-order valence-electron chi connectivity index (χ1n) is 8.07. The van der Waals surface area contributed by atoms with Crippen LogP contribution in [0.3, 0.4) is 0 Å². The van der Waals surface area contributed by atoms with Crippen LogP contribution in [0.5, 0.6) is 0 Å². The van der Waals surface area contributed by atoms with E-state index >= 15 is 0 Å². The van der Waals surface area contributed by atoms with Crippen molar-refractivity contribution >= 4 is 38.4 Å². The van der Waals surface area contributed by atoms with Crippen LogP contribution in [0, 0.1) is 20.8 Å². The van der Waals surface area contributed by atoms with Crippen molar-refractivity contribution in [1.29, 1.82) is 0 Å². The van der Waals surface area contributed by atoms with Crippen molar-refractivity contribution in [2.24, 2.45) is 4.99 Å². The largest absolute Gasteiger partial charge is 0.315 e. The van der Waals surface area contributed by atoms with Gasteiger partial charge in [0.1, 0.15) is 0 Å². The fourth-order valence-electron chi connectivity index (χ4n) is 3.56. The monoisotopic (exact) mass is 366 g/mol. The second-order valence-electron chi connectivity index (χ2n) is 6.56. The number of aliphatic imine (C=N–C) groups is 1. The molecule has 0 N–H and O–H groups in total. The number of carbonyl (C=O) groups excluding carboxylic acids is 1. The molecule has 0 saturated carbocycles. The molecule has 1 aromatic rings. The summed E-state index contributed by atoms with van der Waals surface area (Å²) in [5, 5.41) is 0.584. The number of sulfone groups is 1. The number of rotatable bonds is 2. The average molecular weight is 367 g/mol. The third kappa shape index (κ3) is 3.11. The van der Waals surface area contributed by atoms with Gasteiger partial charge in [-0.3, -0.25) is 4.79 Å². The molecule has 0 spiro atoms. The molecule has 0 unspecified atom stereocenters. The number of amidine groups is 1. The number of fused-ring (bicyclic) bond motifs is 1. The fourth-order valence-corrected chi connectivity index (χ4v) is 7.48. The van der Waals surface area contributed by atoms with Crippen LogP contribution in [0.2, 0.25) is 0 Å². The van der Waals surface area contributed by atoms with Crippen LogP contribution < -0.4 is 4.90 Å². The van der Waals surface area contributed by atoms with E-state index in [2.05, 4.69) is 17.1 Å². The van der Waals surface area contributed by atoms with Crippen LogP contribution in [-0.2, 0) is 14.6 Å². The van der Waals surface area contributed by atoms with Gasteiger partial charge in [0.05, 0.1) is 17.5 Å². The smallest absolute Gasteiger partial charge is 0.247 e. The zero-order valence-electron chi connectivity index (χ0n) is 14.4. The van der Waals surface area contributed by atoms with Gasteiger partial charge in [-0.15, -0.1) is 0 Å². The van der Waals surface area contributed by atoms with Crippen molar-refractivity contribution in [2.75, 3.05) is 16.4 Å². The van der Waals surface area contributed by atoms with E-state index in [4.69, 9.17) is 0 Å². The van der Waals surface area contributed by atoms with E-state index in [1.165, 1.54) is 17.3 Å². The maximum absolute atomic E-state index is 12.1. The van der Waals surface area contributed by atoms with Crippen LogP contribution in [0.25, 0.3) is 0 Å². The maximum Gasteiger partial charge on any atom is 0.247 e. The van der Waals surface area contributed by atoms with E-state index in [1.807, 2.05) is 25.7 Å². The Bertz CT molecular complexity index is 807. The van der Waals surface area contributed by atoms with Crippen molar-refractivity contribution in [3.63, 3.8) is 0 Å². The lowest BCUT2D eigenvalue weighted by Gasteiger charge is -2.28. The summed E-state index contributed by atoms with van der Waals surface area (Å²) in [6, 6.07) is 4.02.